The molecule has 0 aliphatic heterocycles. The van der Waals surface area contributed by atoms with Crippen LogP contribution in [0.15, 0.2) is 23.1 Å². The van der Waals surface area contributed by atoms with Gasteiger partial charge in [0.1, 0.15) is 11.9 Å². The van der Waals surface area contributed by atoms with Crippen LogP contribution in [0.25, 0.3) is 0 Å². The minimum absolute atomic E-state index is 0.0694. The van der Waals surface area contributed by atoms with Gasteiger partial charge < -0.3 is 5.11 Å². The van der Waals surface area contributed by atoms with Gasteiger partial charge in [0.15, 0.2) is 0 Å². The van der Waals surface area contributed by atoms with Crippen LogP contribution < -0.4 is 4.72 Å². The third-order valence-electron chi connectivity index (χ3n) is 3.57. The molecule has 0 spiro atoms. The molecule has 0 aromatic heterocycles. The smallest absolute Gasteiger partial charge is 0.240 e. The monoisotopic (exact) mass is 298 g/mol. The number of sulfonamides is 1. The Bertz CT molecular complexity index is 640. The van der Waals surface area contributed by atoms with Crippen LogP contribution in [0.4, 0.5) is 4.39 Å². The van der Waals surface area contributed by atoms with Crippen molar-refractivity contribution in [1.82, 2.24) is 4.72 Å². The van der Waals surface area contributed by atoms with E-state index in [1.54, 1.807) is 6.07 Å². The van der Waals surface area contributed by atoms with Crippen LogP contribution >= 0.6 is 0 Å². The number of nitriles is 1. The summed E-state index contributed by atoms with van der Waals surface area (Å²) >= 11 is 0. The fraction of sp³-hybridized carbons (Fsp3) is 0.462. The summed E-state index contributed by atoms with van der Waals surface area (Å²) in [5, 5.41) is 17.9. The molecule has 1 aliphatic carbocycles. The second-order valence-corrected chi connectivity index (χ2v) is 6.57. The van der Waals surface area contributed by atoms with Gasteiger partial charge in [-0.15, -0.1) is 0 Å². The van der Waals surface area contributed by atoms with E-state index in [2.05, 4.69) is 4.72 Å². The number of aliphatic hydroxyl groups is 1. The van der Waals surface area contributed by atoms with Crippen molar-refractivity contribution in [3.8, 4) is 6.07 Å². The molecule has 0 bridgehead atoms. The highest BCUT2D eigenvalue weighted by Gasteiger charge is 2.31. The van der Waals surface area contributed by atoms with Gasteiger partial charge in [-0.2, -0.15) is 5.26 Å². The number of halogens is 1. The standard InChI is InChI=1S/C13H15FN2O3S/c14-12-5-4-11(6-10(12)7-15)20(18,19)16-13-3-1-2-9(13)8-17/h4-6,9,13,16-17H,1-3,8H2. The van der Waals surface area contributed by atoms with Gasteiger partial charge in [0, 0.05) is 12.6 Å². The van der Waals surface area contributed by atoms with Crippen LogP contribution in [0.3, 0.4) is 0 Å². The first-order valence-electron chi connectivity index (χ1n) is 6.31. The number of nitrogens with one attached hydrogen (secondary N) is 1. The Balaban J connectivity index is 2.25. The molecule has 0 saturated heterocycles. The lowest BCUT2D eigenvalue weighted by atomic mass is 10.1. The second kappa shape index (κ2) is 5.87. The van der Waals surface area contributed by atoms with Crippen molar-refractivity contribution in [3.05, 3.63) is 29.6 Å². The van der Waals surface area contributed by atoms with E-state index in [-0.39, 0.29) is 29.0 Å². The average Bonchev–Trinajstić information content (AvgIpc) is 2.85. The second-order valence-electron chi connectivity index (χ2n) is 4.85. The molecule has 1 saturated carbocycles. The first kappa shape index (κ1) is 14.9. The average molecular weight is 298 g/mol. The molecular weight excluding hydrogens is 283 g/mol. The molecule has 20 heavy (non-hydrogen) atoms. The maximum atomic E-state index is 13.2. The van der Waals surface area contributed by atoms with Gasteiger partial charge in [0.2, 0.25) is 10.0 Å². The number of rotatable bonds is 4. The van der Waals surface area contributed by atoms with E-state index >= 15 is 0 Å². The minimum atomic E-state index is -3.81. The zero-order valence-electron chi connectivity index (χ0n) is 10.7. The van der Waals surface area contributed by atoms with E-state index in [1.807, 2.05) is 0 Å². The first-order chi connectivity index (χ1) is 9.47. The molecule has 0 amide bonds. The largest absolute Gasteiger partial charge is 0.396 e. The molecule has 1 aromatic carbocycles. The Morgan fingerprint density at radius 1 is 1.45 bits per heavy atom. The summed E-state index contributed by atoms with van der Waals surface area (Å²) in [6, 6.07) is 4.40. The maximum absolute atomic E-state index is 13.2. The van der Waals surface area contributed by atoms with Gasteiger partial charge in [-0.1, -0.05) is 6.42 Å². The molecule has 1 aliphatic rings. The summed E-state index contributed by atoms with van der Waals surface area (Å²) in [7, 11) is -3.81. The number of aliphatic hydroxyl groups excluding tert-OH is 1. The minimum Gasteiger partial charge on any atom is -0.396 e. The summed E-state index contributed by atoms with van der Waals surface area (Å²) < 4.78 is 40.1. The van der Waals surface area contributed by atoms with E-state index in [0.717, 1.165) is 31.0 Å². The van der Waals surface area contributed by atoms with Crippen LogP contribution in [0.1, 0.15) is 24.8 Å². The summed E-state index contributed by atoms with van der Waals surface area (Å²) in [6.07, 6.45) is 2.29. The van der Waals surface area contributed by atoms with Gasteiger partial charge >= 0.3 is 0 Å². The third kappa shape index (κ3) is 2.98. The predicted molar refractivity (Wildman–Crippen MR) is 69.7 cm³/mol. The van der Waals surface area contributed by atoms with Crippen LogP contribution in [0.5, 0.6) is 0 Å². The first-order valence-corrected chi connectivity index (χ1v) is 7.79. The number of hydrogen-bond donors (Lipinski definition) is 2. The molecule has 2 rings (SSSR count). The van der Waals surface area contributed by atoms with E-state index in [1.165, 1.54) is 0 Å². The topological polar surface area (TPSA) is 90.2 Å². The van der Waals surface area contributed by atoms with Gasteiger partial charge in [-0.05, 0) is 37.0 Å². The van der Waals surface area contributed by atoms with E-state index in [0.29, 0.717) is 6.42 Å². The zero-order valence-corrected chi connectivity index (χ0v) is 11.5. The summed E-state index contributed by atoms with van der Waals surface area (Å²) in [5.41, 5.74) is -0.307. The van der Waals surface area contributed by atoms with Gasteiger partial charge in [0.05, 0.1) is 10.5 Å². The highest BCUT2D eigenvalue weighted by atomic mass is 32.2. The van der Waals surface area contributed by atoms with Crippen LogP contribution in [-0.2, 0) is 10.0 Å². The summed E-state index contributed by atoms with van der Waals surface area (Å²) in [6.45, 7) is -0.0694. The number of hydrogen-bond acceptors (Lipinski definition) is 4. The maximum Gasteiger partial charge on any atom is 0.240 e. The van der Waals surface area contributed by atoms with Crippen LogP contribution in [0.2, 0.25) is 0 Å². The van der Waals surface area contributed by atoms with Crippen molar-refractivity contribution >= 4 is 10.0 Å². The molecule has 2 N–H and O–H groups in total. The third-order valence-corrected chi connectivity index (χ3v) is 5.06. The Kier molecular flexibility index (Phi) is 4.38. The van der Waals surface area contributed by atoms with Gasteiger partial charge in [0.25, 0.3) is 0 Å². The molecular formula is C13H15FN2O3S. The van der Waals surface area contributed by atoms with E-state index in [9.17, 15) is 17.9 Å². The fourth-order valence-electron chi connectivity index (χ4n) is 2.44. The summed E-state index contributed by atoms with van der Waals surface area (Å²) in [5.74, 6) is -0.846. The highest BCUT2D eigenvalue weighted by molar-refractivity contribution is 7.89. The SMILES string of the molecule is N#Cc1cc(S(=O)(=O)NC2CCCC2CO)ccc1F. The molecule has 108 valence electrons. The van der Waals surface area contributed by atoms with Gasteiger partial charge in [-0.25, -0.2) is 17.5 Å². The van der Waals surface area contributed by atoms with Crippen molar-refractivity contribution in [2.45, 2.75) is 30.2 Å². The predicted octanol–water partition coefficient (Wildman–Crippen LogP) is 1.14. The lowest BCUT2D eigenvalue weighted by molar-refractivity contribution is 0.213. The zero-order chi connectivity index (χ0) is 14.8. The molecule has 7 heteroatoms. The molecule has 1 aromatic rings. The van der Waals surface area contributed by atoms with Crippen molar-refractivity contribution in [2.75, 3.05) is 6.61 Å². The Labute approximate surface area is 117 Å². The molecule has 0 radical (unpaired) electrons. The van der Waals surface area contributed by atoms with Crippen LogP contribution in [-0.4, -0.2) is 26.2 Å². The molecule has 1 fully saturated rings. The Morgan fingerprint density at radius 3 is 2.85 bits per heavy atom. The normalized spacial score (nSPS) is 22.6. The molecule has 2 atom stereocenters. The number of nitrogens with zero attached hydrogens (tertiary/aromatic N) is 1. The van der Waals surface area contributed by atoms with Crippen molar-refractivity contribution in [3.63, 3.8) is 0 Å². The van der Waals surface area contributed by atoms with E-state index in [4.69, 9.17) is 5.26 Å². The fourth-order valence-corrected chi connectivity index (χ4v) is 3.80. The van der Waals surface area contributed by atoms with Crippen molar-refractivity contribution in [2.24, 2.45) is 5.92 Å². The Hall–Kier alpha value is -1.49. The van der Waals surface area contributed by atoms with E-state index < -0.39 is 15.8 Å². The molecule has 2 unspecified atom stereocenters. The molecule has 0 heterocycles. The highest BCUT2D eigenvalue weighted by Crippen LogP contribution is 2.26. The number of benzene rings is 1. The lowest BCUT2D eigenvalue weighted by Crippen LogP contribution is -2.38. The Morgan fingerprint density at radius 2 is 2.20 bits per heavy atom. The summed E-state index contributed by atoms with van der Waals surface area (Å²) in [4.78, 5) is -0.140. The molecule has 5 nitrogen and oxygen atoms in total. The van der Waals surface area contributed by atoms with Crippen molar-refractivity contribution in [1.29, 1.82) is 5.26 Å². The van der Waals surface area contributed by atoms with Gasteiger partial charge in [-0.3, -0.25) is 0 Å². The quantitative estimate of drug-likeness (QED) is 0.872. The van der Waals surface area contributed by atoms with Crippen LogP contribution in [0, 0.1) is 23.1 Å². The van der Waals surface area contributed by atoms with Crippen molar-refractivity contribution < 1.29 is 17.9 Å². The lowest BCUT2D eigenvalue weighted by Gasteiger charge is -2.19.